The molecule has 2 atom stereocenters. The fourth-order valence-corrected chi connectivity index (χ4v) is 4.35. The first-order valence-electron chi connectivity index (χ1n) is 7.44. The Bertz CT molecular complexity index is 450. The summed E-state index contributed by atoms with van der Waals surface area (Å²) < 4.78 is 7.88. The van der Waals surface area contributed by atoms with Crippen LogP contribution in [-0.4, -0.2) is 12.6 Å². The van der Waals surface area contributed by atoms with Crippen molar-refractivity contribution >= 4 is 31.9 Å². The van der Waals surface area contributed by atoms with Gasteiger partial charge in [0.15, 0.2) is 0 Å². The molecule has 0 aliphatic heterocycles. The molecular weight excluding hydrogens is 382 g/mol. The largest absolute Gasteiger partial charge is 0.492 e. The maximum Gasteiger partial charge on any atom is 0.138 e. The molecule has 1 aliphatic carbocycles. The van der Waals surface area contributed by atoms with E-state index in [4.69, 9.17) is 4.74 Å². The van der Waals surface area contributed by atoms with Crippen LogP contribution in [0, 0.1) is 5.92 Å². The Morgan fingerprint density at radius 2 is 2.10 bits per heavy atom. The average molecular weight is 405 g/mol. The first-order chi connectivity index (χ1) is 9.60. The lowest BCUT2D eigenvalue weighted by Crippen LogP contribution is -2.33. The van der Waals surface area contributed by atoms with Crippen molar-refractivity contribution in [2.24, 2.45) is 5.92 Å². The average Bonchev–Trinajstić information content (AvgIpc) is 2.40. The Hall–Kier alpha value is -0.0600. The molecule has 0 spiro atoms. The van der Waals surface area contributed by atoms with Gasteiger partial charge in [-0.3, -0.25) is 0 Å². The van der Waals surface area contributed by atoms with Crippen LogP contribution in [0.2, 0.25) is 0 Å². The Morgan fingerprint density at radius 1 is 1.30 bits per heavy atom. The van der Waals surface area contributed by atoms with Crippen LogP contribution in [-0.2, 0) is 6.54 Å². The van der Waals surface area contributed by atoms with Crippen LogP contribution in [0.5, 0.6) is 5.75 Å². The van der Waals surface area contributed by atoms with Gasteiger partial charge in [-0.05, 0) is 53.7 Å². The van der Waals surface area contributed by atoms with E-state index >= 15 is 0 Å². The van der Waals surface area contributed by atoms with E-state index in [1.165, 1.54) is 31.2 Å². The maximum atomic E-state index is 5.78. The highest BCUT2D eigenvalue weighted by Gasteiger charge is 2.19. The zero-order valence-electron chi connectivity index (χ0n) is 12.2. The molecule has 2 nitrogen and oxygen atoms in total. The minimum absolute atomic E-state index is 0.644. The third-order valence-corrected chi connectivity index (χ3v) is 4.94. The van der Waals surface area contributed by atoms with E-state index in [1.807, 2.05) is 13.0 Å². The molecule has 0 saturated heterocycles. The van der Waals surface area contributed by atoms with Gasteiger partial charge in [0.1, 0.15) is 5.75 Å². The summed E-state index contributed by atoms with van der Waals surface area (Å²) in [6, 6.07) is 4.83. The molecule has 0 bridgehead atoms. The van der Waals surface area contributed by atoms with Crippen LogP contribution < -0.4 is 10.1 Å². The lowest BCUT2D eigenvalue weighted by Gasteiger charge is -2.28. The third-order valence-electron chi connectivity index (χ3n) is 3.89. The summed E-state index contributed by atoms with van der Waals surface area (Å²) in [5.41, 5.74) is 1.21. The monoisotopic (exact) mass is 403 g/mol. The Morgan fingerprint density at radius 3 is 2.80 bits per heavy atom. The van der Waals surface area contributed by atoms with E-state index in [0.717, 1.165) is 27.2 Å². The normalized spacial score (nSPS) is 22.8. The predicted molar refractivity (Wildman–Crippen MR) is 91.3 cm³/mol. The van der Waals surface area contributed by atoms with Gasteiger partial charge in [0.2, 0.25) is 0 Å². The summed E-state index contributed by atoms with van der Waals surface area (Å²) in [4.78, 5) is 0. The Balaban J connectivity index is 2.04. The summed E-state index contributed by atoms with van der Waals surface area (Å²) in [6.45, 7) is 5.93. The minimum Gasteiger partial charge on any atom is -0.492 e. The van der Waals surface area contributed by atoms with Gasteiger partial charge in [-0.25, -0.2) is 0 Å². The van der Waals surface area contributed by atoms with Gasteiger partial charge in [0.25, 0.3) is 0 Å². The summed E-state index contributed by atoms with van der Waals surface area (Å²) >= 11 is 7.15. The molecule has 0 radical (unpaired) electrons. The predicted octanol–water partition coefficient (Wildman–Crippen LogP) is 5.28. The molecule has 1 aliphatic rings. The van der Waals surface area contributed by atoms with Crippen LogP contribution in [0.15, 0.2) is 21.1 Å². The zero-order valence-corrected chi connectivity index (χ0v) is 15.4. The lowest BCUT2D eigenvalue weighted by atomic mass is 9.87. The van der Waals surface area contributed by atoms with Crippen molar-refractivity contribution in [3.8, 4) is 5.75 Å². The second-order valence-electron chi connectivity index (χ2n) is 5.66. The van der Waals surface area contributed by atoms with Gasteiger partial charge in [-0.1, -0.05) is 35.7 Å². The van der Waals surface area contributed by atoms with Gasteiger partial charge < -0.3 is 10.1 Å². The van der Waals surface area contributed by atoms with Gasteiger partial charge in [0.05, 0.1) is 11.1 Å². The first-order valence-corrected chi connectivity index (χ1v) is 9.02. The van der Waals surface area contributed by atoms with Gasteiger partial charge in [-0.15, -0.1) is 0 Å². The van der Waals surface area contributed by atoms with Crippen molar-refractivity contribution in [2.75, 3.05) is 6.61 Å². The fraction of sp³-hybridized carbons (Fsp3) is 0.625. The summed E-state index contributed by atoms with van der Waals surface area (Å²) in [5.74, 6) is 1.81. The van der Waals surface area contributed by atoms with Gasteiger partial charge >= 0.3 is 0 Å². The van der Waals surface area contributed by atoms with Gasteiger partial charge in [-0.2, -0.15) is 0 Å². The van der Waals surface area contributed by atoms with E-state index < -0.39 is 0 Å². The van der Waals surface area contributed by atoms with Crippen LogP contribution >= 0.6 is 31.9 Å². The van der Waals surface area contributed by atoms with Crippen LogP contribution in [0.25, 0.3) is 0 Å². The van der Waals surface area contributed by atoms with E-state index in [2.05, 4.69) is 50.2 Å². The number of halogens is 2. The van der Waals surface area contributed by atoms with Crippen molar-refractivity contribution in [3.63, 3.8) is 0 Å². The summed E-state index contributed by atoms with van der Waals surface area (Å²) in [6.07, 6.45) is 5.31. The number of hydrogen-bond donors (Lipinski definition) is 1. The van der Waals surface area contributed by atoms with Gasteiger partial charge in [0, 0.05) is 22.6 Å². The molecule has 2 rings (SSSR count). The molecule has 0 amide bonds. The number of rotatable bonds is 5. The molecule has 1 aromatic carbocycles. The first kappa shape index (κ1) is 16.3. The van der Waals surface area contributed by atoms with Crippen LogP contribution in [0.3, 0.4) is 0 Å². The second-order valence-corrected chi connectivity index (χ2v) is 7.43. The fourth-order valence-electron chi connectivity index (χ4n) is 2.92. The van der Waals surface area contributed by atoms with E-state index in [-0.39, 0.29) is 0 Å². The van der Waals surface area contributed by atoms with Crippen molar-refractivity contribution < 1.29 is 4.74 Å². The maximum absolute atomic E-state index is 5.78. The molecule has 20 heavy (non-hydrogen) atoms. The highest BCUT2D eigenvalue weighted by molar-refractivity contribution is 9.11. The molecular formula is C16H23Br2NO. The minimum atomic E-state index is 0.644. The quantitative estimate of drug-likeness (QED) is 0.720. The molecule has 0 aromatic heterocycles. The topological polar surface area (TPSA) is 21.3 Å². The van der Waals surface area contributed by atoms with Crippen LogP contribution in [0.1, 0.15) is 45.1 Å². The molecule has 1 N–H and O–H groups in total. The zero-order chi connectivity index (χ0) is 14.5. The molecule has 1 aromatic rings. The Kier molecular flexibility index (Phi) is 6.37. The molecule has 1 saturated carbocycles. The van der Waals surface area contributed by atoms with E-state index in [9.17, 15) is 0 Å². The highest BCUT2D eigenvalue weighted by Crippen LogP contribution is 2.33. The number of ether oxygens (including phenoxy) is 1. The number of hydrogen-bond acceptors (Lipinski definition) is 2. The van der Waals surface area contributed by atoms with Crippen molar-refractivity contribution in [2.45, 2.75) is 52.1 Å². The standard InChI is InChI=1S/C16H23Br2NO/c1-3-20-16-12(8-13(17)9-15(16)18)10-19-14-6-4-5-11(2)7-14/h8-9,11,14,19H,3-7,10H2,1-2H3. The van der Waals surface area contributed by atoms with Crippen molar-refractivity contribution in [1.29, 1.82) is 0 Å². The van der Waals surface area contributed by atoms with Crippen molar-refractivity contribution in [1.82, 2.24) is 5.32 Å². The smallest absolute Gasteiger partial charge is 0.138 e. The summed E-state index contributed by atoms with van der Waals surface area (Å²) in [5, 5.41) is 3.70. The van der Waals surface area contributed by atoms with E-state index in [0.29, 0.717) is 12.6 Å². The lowest BCUT2D eigenvalue weighted by molar-refractivity contribution is 0.296. The third kappa shape index (κ3) is 4.47. The highest BCUT2D eigenvalue weighted by atomic mass is 79.9. The van der Waals surface area contributed by atoms with Crippen LogP contribution in [0.4, 0.5) is 0 Å². The SMILES string of the molecule is CCOc1c(Br)cc(Br)cc1CNC1CCCC(C)C1. The molecule has 1 fully saturated rings. The Labute approximate surface area is 138 Å². The summed E-state index contributed by atoms with van der Waals surface area (Å²) in [7, 11) is 0. The molecule has 0 heterocycles. The second kappa shape index (κ2) is 7.81. The number of benzene rings is 1. The van der Waals surface area contributed by atoms with Crippen molar-refractivity contribution in [3.05, 3.63) is 26.6 Å². The molecule has 112 valence electrons. The number of nitrogens with one attached hydrogen (secondary N) is 1. The van der Waals surface area contributed by atoms with E-state index in [1.54, 1.807) is 0 Å². The molecule has 4 heteroatoms. The molecule has 2 unspecified atom stereocenters.